The predicted molar refractivity (Wildman–Crippen MR) is 46.2 cm³/mol. The fourth-order valence-corrected chi connectivity index (χ4v) is 0.544. The smallest absolute Gasteiger partial charge is 0.0938 e. The number of hydrogen-bond acceptors (Lipinski definition) is 2. The molecular weight excluding hydrogens is 140 g/mol. The van der Waals surface area contributed by atoms with E-state index >= 15 is 0 Å². The van der Waals surface area contributed by atoms with E-state index in [1.807, 2.05) is 6.92 Å². The van der Waals surface area contributed by atoms with Gasteiger partial charge in [-0.2, -0.15) is 0 Å². The van der Waals surface area contributed by atoms with Crippen LogP contribution in [0.15, 0.2) is 12.7 Å². The second-order valence-electron chi connectivity index (χ2n) is 2.27. The van der Waals surface area contributed by atoms with Crippen molar-refractivity contribution in [2.75, 3.05) is 19.8 Å². The van der Waals surface area contributed by atoms with Gasteiger partial charge in [0.25, 0.3) is 0 Å². The summed E-state index contributed by atoms with van der Waals surface area (Å²) in [6.45, 7) is 9.48. The summed E-state index contributed by atoms with van der Waals surface area (Å²) < 4.78 is 10.4. The lowest BCUT2D eigenvalue weighted by Gasteiger charge is -2.08. The molecule has 0 rings (SSSR count). The lowest BCUT2D eigenvalue weighted by Crippen LogP contribution is -2.06. The average Bonchev–Trinajstić information content (AvgIpc) is 2.04. The molecule has 0 aromatic rings. The van der Waals surface area contributed by atoms with E-state index in [9.17, 15) is 0 Å². The first-order valence-electron chi connectivity index (χ1n) is 3.95. The van der Waals surface area contributed by atoms with Crippen molar-refractivity contribution in [3.63, 3.8) is 0 Å². The number of ether oxygens (including phenoxy) is 2. The van der Waals surface area contributed by atoms with Crippen molar-refractivity contribution in [1.29, 1.82) is 0 Å². The van der Waals surface area contributed by atoms with E-state index in [0.29, 0.717) is 19.8 Å². The molecule has 1 radical (unpaired) electrons. The van der Waals surface area contributed by atoms with E-state index in [2.05, 4.69) is 13.5 Å². The highest BCUT2D eigenvalue weighted by Crippen LogP contribution is 2.03. The summed E-state index contributed by atoms with van der Waals surface area (Å²) in [5, 5.41) is 0. The molecule has 0 heterocycles. The van der Waals surface area contributed by atoms with Crippen LogP contribution in [0.2, 0.25) is 0 Å². The molecule has 0 saturated carbocycles. The van der Waals surface area contributed by atoms with Crippen molar-refractivity contribution in [1.82, 2.24) is 0 Å². The van der Waals surface area contributed by atoms with Crippen molar-refractivity contribution in [2.24, 2.45) is 0 Å². The van der Waals surface area contributed by atoms with E-state index < -0.39 is 0 Å². The summed E-state index contributed by atoms with van der Waals surface area (Å²) >= 11 is 0. The fourth-order valence-electron chi connectivity index (χ4n) is 0.544. The first-order valence-corrected chi connectivity index (χ1v) is 3.95. The van der Waals surface area contributed by atoms with Gasteiger partial charge in [0.15, 0.2) is 0 Å². The van der Waals surface area contributed by atoms with Gasteiger partial charge in [-0.3, -0.25) is 0 Å². The van der Waals surface area contributed by atoms with Gasteiger partial charge in [-0.15, -0.1) is 6.58 Å². The van der Waals surface area contributed by atoms with Gasteiger partial charge >= 0.3 is 0 Å². The summed E-state index contributed by atoms with van der Waals surface area (Å²) in [6.07, 6.45) is 3.77. The second kappa shape index (κ2) is 7.76. The Morgan fingerprint density at radius 2 is 2.18 bits per heavy atom. The lowest BCUT2D eigenvalue weighted by molar-refractivity contribution is 0.0643. The molecule has 2 heteroatoms. The van der Waals surface area contributed by atoms with Crippen LogP contribution in [0.4, 0.5) is 0 Å². The Hall–Kier alpha value is -0.340. The molecule has 0 fully saturated rings. The molecule has 0 aromatic heterocycles. The van der Waals surface area contributed by atoms with Gasteiger partial charge in [0.2, 0.25) is 0 Å². The summed E-state index contributed by atoms with van der Waals surface area (Å²) in [6, 6.07) is 0. The zero-order valence-electron chi connectivity index (χ0n) is 7.43. The van der Waals surface area contributed by atoms with Gasteiger partial charge in [-0.25, -0.2) is 0 Å². The molecule has 11 heavy (non-hydrogen) atoms. The number of rotatable bonds is 7. The highest BCUT2D eigenvalue weighted by atomic mass is 16.5. The quantitative estimate of drug-likeness (QED) is 0.416. The van der Waals surface area contributed by atoms with Crippen molar-refractivity contribution in [2.45, 2.75) is 20.3 Å². The van der Waals surface area contributed by atoms with Gasteiger partial charge in [-0.05, 0) is 13.3 Å². The Balaban J connectivity index is 2.95. The van der Waals surface area contributed by atoms with Gasteiger partial charge in [0, 0.05) is 0 Å². The Labute approximate surface area is 69.2 Å². The largest absolute Gasteiger partial charge is 0.375 e. The number of hydrogen-bond donors (Lipinski definition) is 0. The van der Waals surface area contributed by atoms with Crippen LogP contribution < -0.4 is 0 Å². The maximum Gasteiger partial charge on any atom is 0.0938 e. The third kappa shape index (κ3) is 7.56. The van der Waals surface area contributed by atoms with Crippen LogP contribution in [0.25, 0.3) is 0 Å². The zero-order chi connectivity index (χ0) is 8.53. The Morgan fingerprint density at radius 3 is 2.73 bits per heavy atom. The Morgan fingerprint density at radius 1 is 1.45 bits per heavy atom. The predicted octanol–water partition coefficient (Wildman–Crippen LogP) is 2.17. The molecule has 0 aromatic carbocycles. The topological polar surface area (TPSA) is 18.5 Å². The molecule has 0 spiro atoms. The van der Waals surface area contributed by atoms with Crippen LogP contribution in [0.3, 0.4) is 0 Å². The van der Waals surface area contributed by atoms with Crippen molar-refractivity contribution in [3.05, 3.63) is 18.8 Å². The molecular formula is C9H17O2. The molecule has 0 aliphatic carbocycles. The maximum absolute atomic E-state index is 5.30. The van der Waals surface area contributed by atoms with E-state index in [1.54, 1.807) is 6.08 Å². The monoisotopic (exact) mass is 157 g/mol. The van der Waals surface area contributed by atoms with Gasteiger partial charge < -0.3 is 9.47 Å². The van der Waals surface area contributed by atoms with Crippen LogP contribution in [-0.4, -0.2) is 19.8 Å². The van der Waals surface area contributed by atoms with Gasteiger partial charge in [0.05, 0.1) is 25.9 Å². The second-order valence-corrected chi connectivity index (χ2v) is 2.27. The molecule has 0 bridgehead atoms. The van der Waals surface area contributed by atoms with Crippen LogP contribution in [0, 0.1) is 6.10 Å². The summed E-state index contributed by atoms with van der Waals surface area (Å²) in [4.78, 5) is 0. The van der Waals surface area contributed by atoms with Crippen LogP contribution in [0.5, 0.6) is 0 Å². The van der Waals surface area contributed by atoms with E-state index in [4.69, 9.17) is 9.47 Å². The molecule has 0 N–H and O–H groups in total. The molecule has 0 atom stereocenters. The summed E-state index contributed by atoms with van der Waals surface area (Å²) in [5.41, 5.74) is 0. The summed E-state index contributed by atoms with van der Waals surface area (Å²) in [5.74, 6) is 0. The standard InChI is InChI=1S/C9H17O2/c1-4-6-10-7-8-11-9(3)5-2/h4H,1,5-8H2,2-3H3. The first-order chi connectivity index (χ1) is 5.31. The third-order valence-electron chi connectivity index (χ3n) is 1.31. The third-order valence-corrected chi connectivity index (χ3v) is 1.31. The fraction of sp³-hybridized carbons (Fsp3) is 0.667. The average molecular weight is 157 g/mol. The van der Waals surface area contributed by atoms with Crippen LogP contribution in [0.1, 0.15) is 20.3 Å². The minimum absolute atomic E-state index is 0.606. The molecule has 0 saturated heterocycles. The summed E-state index contributed by atoms with van der Waals surface area (Å²) in [7, 11) is 0. The Bertz CT molecular complexity index is 91.6. The lowest BCUT2D eigenvalue weighted by atomic mass is 10.3. The molecule has 0 aliphatic rings. The van der Waals surface area contributed by atoms with Crippen molar-refractivity contribution in [3.8, 4) is 0 Å². The highest BCUT2D eigenvalue weighted by molar-refractivity contribution is 4.67. The molecule has 0 unspecified atom stereocenters. The SMILES string of the molecule is C=CCOCCO[C](C)CC. The van der Waals surface area contributed by atoms with Crippen LogP contribution >= 0.6 is 0 Å². The van der Waals surface area contributed by atoms with Gasteiger partial charge in [-0.1, -0.05) is 13.0 Å². The minimum atomic E-state index is 0.606. The Kier molecular flexibility index (Phi) is 7.52. The van der Waals surface area contributed by atoms with Crippen LogP contribution in [-0.2, 0) is 9.47 Å². The van der Waals surface area contributed by atoms with Gasteiger partial charge in [0.1, 0.15) is 0 Å². The van der Waals surface area contributed by atoms with Crippen molar-refractivity contribution >= 4 is 0 Å². The van der Waals surface area contributed by atoms with E-state index in [1.165, 1.54) is 0 Å². The van der Waals surface area contributed by atoms with E-state index in [0.717, 1.165) is 12.5 Å². The normalized spacial score (nSPS) is 10.5. The molecule has 2 nitrogen and oxygen atoms in total. The molecule has 65 valence electrons. The first kappa shape index (κ1) is 10.7. The maximum atomic E-state index is 5.30. The zero-order valence-corrected chi connectivity index (χ0v) is 7.43. The van der Waals surface area contributed by atoms with Crippen molar-refractivity contribution < 1.29 is 9.47 Å². The molecule has 0 amide bonds. The minimum Gasteiger partial charge on any atom is -0.375 e. The molecule has 0 aliphatic heterocycles. The highest BCUT2D eigenvalue weighted by Gasteiger charge is 1.97. The van der Waals surface area contributed by atoms with E-state index in [-0.39, 0.29) is 0 Å².